The van der Waals surface area contributed by atoms with E-state index in [2.05, 4.69) is 21.3 Å². The van der Waals surface area contributed by atoms with Crippen LogP contribution in [-0.2, 0) is 28.8 Å². The van der Waals surface area contributed by atoms with Crippen molar-refractivity contribution in [2.75, 3.05) is 6.54 Å². The number of amides is 4. The SMILES string of the molecule is CC(C)C[C@H](NC(=O)[C@H](CC(C)C)NC(=O)[C@H](CC(=O)O)NC(=O)[C@@H](N)C(C)C)C(=O)NCC(=O)O. The number of rotatable bonds is 16. The summed E-state index contributed by atoms with van der Waals surface area (Å²) in [7, 11) is 0. The van der Waals surface area contributed by atoms with Crippen molar-refractivity contribution < 1.29 is 39.0 Å². The second kappa shape index (κ2) is 15.7. The van der Waals surface area contributed by atoms with Crippen LogP contribution in [0.1, 0.15) is 60.8 Å². The minimum absolute atomic E-state index is 0.0238. The number of nitrogens with two attached hydrogens (primary N) is 1. The Kier molecular flexibility index (Phi) is 14.3. The van der Waals surface area contributed by atoms with Crippen LogP contribution < -0.4 is 27.0 Å². The molecule has 4 atom stereocenters. The number of carbonyl (C=O) groups excluding carboxylic acids is 4. The first-order valence-corrected chi connectivity index (χ1v) is 11.9. The van der Waals surface area contributed by atoms with Crippen molar-refractivity contribution in [3.05, 3.63) is 0 Å². The number of hydrogen-bond acceptors (Lipinski definition) is 7. The molecule has 0 radical (unpaired) electrons. The lowest BCUT2D eigenvalue weighted by atomic mass is 9.99. The summed E-state index contributed by atoms with van der Waals surface area (Å²) in [6, 6.07) is -4.65. The fourth-order valence-electron chi connectivity index (χ4n) is 3.19. The van der Waals surface area contributed by atoms with E-state index in [4.69, 9.17) is 10.8 Å². The predicted octanol–water partition coefficient (Wildman–Crippen LogP) is -0.808. The molecule has 0 aliphatic carbocycles. The summed E-state index contributed by atoms with van der Waals surface area (Å²) in [4.78, 5) is 72.9. The molecule has 0 spiro atoms. The largest absolute Gasteiger partial charge is 0.481 e. The van der Waals surface area contributed by atoms with Gasteiger partial charge in [-0.15, -0.1) is 0 Å². The molecule has 0 aliphatic rings. The highest BCUT2D eigenvalue weighted by Gasteiger charge is 2.32. The summed E-state index contributed by atoms with van der Waals surface area (Å²) in [5, 5.41) is 27.6. The van der Waals surface area contributed by atoms with Gasteiger partial charge in [-0.2, -0.15) is 0 Å². The highest BCUT2D eigenvalue weighted by atomic mass is 16.4. The van der Waals surface area contributed by atoms with Crippen LogP contribution in [0.2, 0.25) is 0 Å². The molecule has 36 heavy (non-hydrogen) atoms. The van der Waals surface area contributed by atoms with Crippen molar-refractivity contribution in [3.8, 4) is 0 Å². The summed E-state index contributed by atoms with van der Waals surface area (Å²) < 4.78 is 0. The first kappa shape index (κ1) is 32.8. The van der Waals surface area contributed by atoms with Gasteiger partial charge in [-0.3, -0.25) is 28.8 Å². The summed E-state index contributed by atoms with van der Waals surface area (Å²) in [6.07, 6.45) is -0.363. The lowest BCUT2D eigenvalue weighted by Gasteiger charge is -2.27. The third-order valence-corrected chi connectivity index (χ3v) is 5.13. The van der Waals surface area contributed by atoms with Gasteiger partial charge in [-0.25, -0.2) is 0 Å². The molecular formula is C23H41N5O8. The topological polar surface area (TPSA) is 217 Å². The molecule has 0 saturated carbocycles. The fourth-order valence-corrected chi connectivity index (χ4v) is 3.19. The molecule has 0 saturated heterocycles. The van der Waals surface area contributed by atoms with Gasteiger partial charge >= 0.3 is 11.9 Å². The quantitative estimate of drug-likeness (QED) is 0.136. The molecule has 0 unspecified atom stereocenters. The van der Waals surface area contributed by atoms with Crippen LogP contribution in [0.4, 0.5) is 0 Å². The van der Waals surface area contributed by atoms with E-state index in [9.17, 15) is 33.9 Å². The number of aliphatic carboxylic acids is 2. The van der Waals surface area contributed by atoms with Crippen molar-refractivity contribution in [3.63, 3.8) is 0 Å². The number of carboxylic acid groups (broad SMARTS) is 2. The molecule has 206 valence electrons. The Morgan fingerprint density at radius 3 is 1.44 bits per heavy atom. The van der Waals surface area contributed by atoms with E-state index in [1.165, 1.54) is 0 Å². The van der Waals surface area contributed by atoms with Crippen molar-refractivity contribution in [1.29, 1.82) is 0 Å². The lowest BCUT2D eigenvalue weighted by Crippen LogP contribution is -2.58. The number of carboxylic acids is 2. The summed E-state index contributed by atoms with van der Waals surface area (Å²) in [6.45, 7) is 10.0. The molecule has 8 N–H and O–H groups in total. The van der Waals surface area contributed by atoms with Crippen LogP contribution >= 0.6 is 0 Å². The van der Waals surface area contributed by atoms with Crippen LogP contribution in [0.15, 0.2) is 0 Å². The molecule has 4 amide bonds. The van der Waals surface area contributed by atoms with Gasteiger partial charge in [0.15, 0.2) is 0 Å². The van der Waals surface area contributed by atoms with E-state index in [1.54, 1.807) is 27.7 Å². The molecule has 0 rings (SSSR count). The van der Waals surface area contributed by atoms with Gasteiger partial charge in [0.05, 0.1) is 12.5 Å². The van der Waals surface area contributed by atoms with Gasteiger partial charge in [0, 0.05) is 0 Å². The molecule has 0 aromatic carbocycles. The van der Waals surface area contributed by atoms with Crippen molar-refractivity contribution in [2.24, 2.45) is 23.5 Å². The van der Waals surface area contributed by atoms with E-state index in [1.807, 2.05) is 13.8 Å². The van der Waals surface area contributed by atoms with E-state index >= 15 is 0 Å². The zero-order valence-electron chi connectivity index (χ0n) is 21.8. The minimum atomic E-state index is -1.48. The second-order valence-corrected chi connectivity index (χ2v) is 9.92. The molecule has 0 aliphatic heterocycles. The number of carbonyl (C=O) groups is 6. The van der Waals surface area contributed by atoms with Crippen LogP contribution in [-0.4, -0.2) is 76.5 Å². The van der Waals surface area contributed by atoms with Gasteiger partial charge < -0.3 is 37.2 Å². The van der Waals surface area contributed by atoms with E-state index < -0.39 is 72.7 Å². The molecule has 13 nitrogen and oxygen atoms in total. The molecule has 13 heteroatoms. The van der Waals surface area contributed by atoms with E-state index in [-0.39, 0.29) is 30.6 Å². The zero-order valence-corrected chi connectivity index (χ0v) is 21.8. The predicted molar refractivity (Wildman–Crippen MR) is 130 cm³/mol. The highest BCUT2D eigenvalue weighted by Crippen LogP contribution is 2.10. The Hall–Kier alpha value is -3.22. The maximum absolute atomic E-state index is 13.1. The van der Waals surface area contributed by atoms with Crippen LogP contribution in [0.3, 0.4) is 0 Å². The molecule has 0 heterocycles. The van der Waals surface area contributed by atoms with Crippen molar-refractivity contribution in [2.45, 2.75) is 85.0 Å². The monoisotopic (exact) mass is 515 g/mol. The Bertz CT molecular complexity index is 799. The van der Waals surface area contributed by atoms with Crippen LogP contribution in [0, 0.1) is 17.8 Å². The van der Waals surface area contributed by atoms with E-state index in [0.29, 0.717) is 0 Å². The van der Waals surface area contributed by atoms with Gasteiger partial charge in [0.1, 0.15) is 24.7 Å². The summed E-state index contributed by atoms with van der Waals surface area (Å²) in [5.41, 5.74) is 5.79. The highest BCUT2D eigenvalue weighted by molar-refractivity contribution is 5.96. The van der Waals surface area contributed by atoms with Crippen LogP contribution in [0.25, 0.3) is 0 Å². The molecule has 0 aromatic heterocycles. The van der Waals surface area contributed by atoms with Gasteiger partial charge in [-0.1, -0.05) is 41.5 Å². The first-order valence-electron chi connectivity index (χ1n) is 11.9. The van der Waals surface area contributed by atoms with Crippen molar-refractivity contribution in [1.82, 2.24) is 21.3 Å². The maximum atomic E-state index is 13.1. The standard InChI is InChI=1S/C23H41N5O8/c1-11(2)7-14(20(33)25-10-18(31)32)26-21(34)15(8-12(3)4)27-22(35)16(9-17(29)30)28-23(36)19(24)13(5)6/h11-16,19H,7-10,24H2,1-6H3,(H,25,33)(H,26,34)(H,27,35)(H,28,36)(H,29,30)(H,31,32)/t14-,15-,16-,19-/m0/s1. The number of nitrogens with one attached hydrogen (secondary N) is 4. The van der Waals surface area contributed by atoms with Crippen molar-refractivity contribution >= 4 is 35.6 Å². The van der Waals surface area contributed by atoms with Gasteiger partial charge in [0.2, 0.25) is 23.6 Å². The van der Waals surface area contributed by atoms with Gasteiger partial charge in [-0.05, 0) is 30.6 Å². The second-order valence-electron chi connectivity index (χ2n) is 9.92. The molecule has 0 bridgehead atoms. The zero-order chi connectivity index (χ0) is 28.2. The summed E-state index contributed by atoms with van der Waals surface area (Å²) >= 11 is 0. The Morgan fingerprint density at radius 1 is 0.639 bits per heavy atom. The summed E-state index contributed by atoms with van der Waals surface area (Å²) in [5.74, 6) is -5.93. The first-order chi connectivity index (χ1) is 16.5. The van der Waals surface area contributed by atoms with E-state index in [0.717, 1.165) is 0 Å². The average Bonchev–Trinajstić information content (AvgIpc) is 2.74. The number of hydrogen-bond donors (Lipinski definition) is 7. The minimum Gasteiger partial charge on any atom is -0.481 e. The van der Waals surface area contributed by atoms with Crippen LogP contribution in [0.5, 0.6) is 0 Å². The molecule has 0 aromatic rings. The average molecular weight is 516 g/mol. The smallest absolute Gasteiger partial charge is 0.322 e. The lowest BCUT2D eigenvalue weighted by molar-refractivity contribution is -0.141. The Labute approximate surface area is 211 Å². The maximum Gasteiger partial charge on any atom is 0.322 e. The van der Waals surface area contributed by atoms with Gasteiger partial charge in [0.25, 0.3) is 0 Å². The third-order valence-electron chi connectivity index (χ3n) is 5.13. The normalized spacial score (nSPS) is 14.5. The Morgan fingerprint density at radius 2 is 1.06 bits per heavy atom. The third kappa shape index (κ3) is 13.0. The Balaban J connectivity index is 5.69. The fraction of sp³-hybridized carbons (Fsp3) is 0.739. The molecule has 0 fully saturated rings. The molecular weight excluding hydrogens is 474 g/mol.